The Hall–Kier alpha value is -0.430. The largest absolute Gasteiger partial charge is 0.330 e. The lowest BCUT2D eigenvalue weighted by molar-refractivity contribution is 0.288. The molecule has 1 aromatic heterocycles. The van der Waals surface area contributed by atoms with Gasteiger partial charge in [0.2, 0.25) is 0 Å². The molecule has 0 aromatic carbocycles. The van der Waals surface area contributed by atoms with Gasteiger partial charge in [-0.15, -0.1) is 11.3 Å². The Morgan fingerprint density at radius 1 is 1.39 bits per heavy atom. The van der Waals surface area contributed by atoms with E-state index in [9.17, 15) is 8.42 Å². The van der Waals surface area contributed by atoms with Crippen LogP contribution in [0.2, 0.25) is 0 Å². The van der Waals surface area contributed by atoms with Crippen molar-refractivity contribution in [2.75, 3.05) is 19.6 Å². The molecule has 0 unspecified atom stereocenters. The maximum absolute atomic E-state index is 12.4. The quantitative estimate of drug-likeness (QED) is 0.916. The van der Waals surface area contributed by atoms with Crippen molar-refractivity contribution in [3.63, 3.8) is 0 Å². The molecule has 1 saturated heterocycles. The van der Waals surface area contributed by atoms with Crippen LogP contribution in [-0.4, -0.2) is 32.4 Å². The van der Waals surface area contributed by atoms with E-state index in [-0.39, 0.29) is 0 Å². The number of nitrogens with zero attached hydrogens (tertiary/aromatic N) is 1. The van der Waals surface area contributed by atoms with E-state index in [4.69, 9.17) is 5.73 Å². The summed E-state index contributed by atoms with van der Waals surface area (Å²) < 4.78 is 26.9. The van der Waals surface area contributed by atoms with Crippen molar-refractivity contribution in [2.45, 2.75) is 30.4 Å². The summed E-state index contributed by atoms with van der Waals surface area (Å²) in [6, 6.07) is 3.58. The maximum Gasteiger partial charge on any atom is 0.252 e. The average molecular weight is 288 g/mol. The third-order valence-corrected chi connectivity index (χ3v) is 6.88. The lowest BCUT2D eigenvalue weighted by Crippen LogP contribution is -2.37. The van der Waals surface area contributed by atoms with Crippen molar-refractivity contribution in [1.29, 1.82) is 0 Å². The Bertz CT molecular complexity index is 488. The highest BCUT2D eigenvalue weighted by Crippen LogP contribution is 2.28. The van der Waals surface area contributed by atoms with Gasteiger partial charge in [-0.1, -0.05) is 6.92 Å². The van der Waals surface area contributed by atoms with E-state index in [0.717, 1.165) is 24.1 Å². The second kappa shape index (κ2) is 5.69. The molecule has 2 heterocycles. The molecule has 2 rings (SSSR count). The number of hydrogen-bond acceptors (Lipinski definition) is 4. The van der Waals surface area contributed by atoms with Crippen molar-refractivity contribution in [1.82, 2.24) is 4.31 Å². The number of nitrogens with two attached hydrogens (primary N) is 1. The van der Waals surface area contributed by atoms with Crippen molar-refractivity contribution in [2.24, 2.45) is 11.7 Å². The first-order chi connectivity index (χ1) is 8.54. The summed E-state index contributed by atoms with van der Waals surface area (Å²) >= 11 is 1.35. The molecule has 18 heavy (non-hydrogen) atoms. The van der Waals surface area contributed by atoms with E-state index < -0.39 is 10.0 Å². The van der Waals surface area contributed by atoms with Gasteiger partial charge in [-0.2, -0.15) is 4.31 Å². The van der Waals surface area contributed by atoms with E-state index in [0.29, 0.717) is 29.8 Å². The van der Waals surface area contributed by atoms with Gasteiger partial charge in [0.25, 0.3) is 10.0 Å². The van der Waals surface area contributed by atoms with E-state index in [1.54, 1.807) is 10.4 Å². The summed E-state index contributed by atoms with van der Waals surface area (Å²) in [5, 5.41) is 0. The first-order valence-electron chi connectivity index (χ1n) is 6.33. The molecule has 102 valence electrons. The zero-order chi connectivity index (χ0) is 13.2. The summed E-state index contributed by atoms with van der Waals surface area (Å²) in [5.74, 6) is 0.632. The fraction of sp³-hybridized carbons (Fsp3) is 0.667. The van der Waals surface area contributed by atoms with Crippen molar-refractivity contribution in [3.8, 4) is 0 Å². The van der Waals surface area contributed by atoms with Gasteiger partial charge in [0.1, 0.15) is 4.21 Å². The number of thiophene rings is 1. The monoisotopic (exact) mass is 288 g/mol. The molecule has 0 atom stereocenters. The lowest BCUT2D eigenvalue weighted by atomic mass is 10.0. The van der Waals surface area contributed by atoms with Crippen LogP contribution in [0.15, 0.2) is 16.3 Å². The minimum absolute atomic E-state index is 0.459. The van der Waals surface area contributed by atoms with E-state index >= 15 is 0 Å². The highest BCUT2D eigenvalue weighted by Gasteiger charge is 2.29. The Kier molecular flexibility index (Phi) is 4.42. The molecule has 0 bridgehead atoms. The lowest BCUT2D eigenvalue weighted by Gasteiger charge is -2.28. The minimum Gasteiger partial charge on any atom is -0.330 e. The molecule has 6 heteroatoms. The smallest absolute Gasteiger partial charge is 0.252 e. The van der Waals surface area contributed by atoms with Gasteiger partial charge >= 0.3 is 0 Å². The SMILES string of the molecule is CC1CCN(S(=O)(=O)c2ccc(CCN)s2)CC1. The van der Waals surface area contributed by atoms with Crippen LogP contribution in [0.1, 0.15) is 24.6 Å². The Labute approximate surface area is 113 Å². The summed E-state index contributed by atoms with van der Waals surface area (Å²) in [5.41, 5.74) is 5.48. The number of rotatable bonds is 4. The molecule has 1 aromatic rings. The van der Waals surface area contributed by atoms with Gasteiger partial charge < -0.3 is 5.73 Å². The molecule has 0 radical (unpaired) electrons. The fourth-order valence-corrected chi connectivity index (χ4v) is 5.12. The van der Waals surface area contributed by atoms with Crippen molar-refractivity contribution in [3.05, 3.63) is 17.0 Å². The van der Waals surface area contributed by atoms with Crippen molar-refractivity contribution < 1.29 is 8.42 Å². The molecule has 1 aliphatic heterocycles. The second-order valence-electron chi connectivity index (χ2n) is 4.85. The van der Waals surface area contributed by atoms with Gasteiger partial charge in [-0.05, 0) is 43.9 Å². The van der Waals surface area contributed by atoms with Gasteiger partial charge in [-0.3, -0.25) is 0 Å². The molecule has 1 aliphatic rings. The number of piperidine rings is 1. The third-order valence-electron chi connectivity index (χ3n) is 3.36. The molecule has 0 aliphatic carbocycles. The van der Waals surface area contributed by atoms with Crippen LogP contribution < -0.4 is 5.73 Å². The zero-order valence-electron chi connectivity index (χ0n) is 10.6. The molecule has 1 fully saturated rings. The standard InChI is InChI=1S/C12H20N2O2S2/c1-10-5-8-14(9-6-10)18(15,16)12-3-2-11(17-12)4-7-13/h2-3,10H,4-9,13H2,1H3. The van der Waals surface area contributed by atoms with E-state index in [2.05, 4.69) is 6.92 Å². The van der Waals surface area contributed by atoms with Gasteiger partial charge in [0, 0.05) is 18.0 Å². The predicted octanol–water partition coefficient (Wildman–Crippen LogP) is 1.67. The van der Waals surface area contributed by atoms with Gasteiger partial charge in [0.15, 0.2) is 0 Å². The average Bonchev–Trinajstić information content (AvgIpc) is 2.79. The zero-order valence-corrected chi connectivity index (χ0v) is 12.3. The Balaban J connectivity index is 2.14. The Morgan fingerprint density at radius 2 is 2.06 bits per heavy atom. The molecule has 2 N–H and O–H groups in total. The summed E-state index contributed by atoms with van der Waals surface area (Å²) in [7, 11) is -3.27. The molecular weight excluding hydrogens is 268 g/mol. The molecule has 0 amide bonds. The number of hydrogen-bond donors (Lipinski definition) is 1. The van der Waals surface area contributed by atoms with Gasteiger partial charge in [-0.25, -0.2) is 8.42 Å². The predicted molar refractivity (Wildman–Crippen MR) is 74.2 cm³/mol. The minimum atomic E-state index is -3.27. The molecule has 0 saturated carbocycles. The second-order valence-corrected chi connectivity index (χ2v) is 8.18. The summed E-state index contributed by atoms with van der Waals surface area (Å²) in [6.45, 7) is 4.02. The van der Waals surface area contributed by atoms with Crippen LogP contribution in [-0.2, 0) is 16.4 Å². The highest BCUT2D eigenvalue weighted by molar-refractivity contribution is 7.91. The van der Waals surface area contributed by atoms with Crippen molar-refractivity contribution >= 4 is 21.4 Å². The van der Waals surface area contributed by atoms with Crippen LogP contribution in [0.4, 0.5) is 0 Å². The van der Waals surface area contributed by atoms with Crippen LogP contribution in [0, 0.1) is 5.92 Å². The summed E-state index contributed by atoms with van der Waals surface area (Å²) in [6.07, 6.45) is 2.66. The van der Waals surface area contributed by atoms with Gasteiger partial charge in [0.05, 0.1) is 0 Å². The molecular formula is C12H20N2O2S2. The third kappa shape index (κ3) is 2.93. The fourth-order valence-electron chi connectivity index (χ4n) is 2.13. The van der Waals surface area contributed by atoms with Crippen LogP contribution in [0.25, 0.3) is 0 Å². The van der Waals surface area contributed by atoms with E-state index in [1.807, 2.05) is 6.07 Å². The highest BCUT2D eigenvalue weighted by atomic mass is 32.2. The van der Waals surface area contributed by atoms with Crippen LogP contribution in [0.3, 0.4) is 0 Å². The summed E-state index contributed by atoms with van der Waals surface area (Å²) in [4.78, 5) is 1.04. The van der Waals surface area contributed by atoms with E-state index in [1.165, 1.54) is 11.3 Å². The maximum atomic E-state index is 12.4. The Morgan fingerprint density at radius 3 is 2.67 bits per heavy atom. The molecule has 0 spiro atoms. The first kappa shape index (κ1) is 14.0. The van der Waals surface area contributed by atoms with Crippen LogP contribution in [0.5, 0.6) is 0 Å². The molecule has 4 nitrogen and oxygen atoms in total. The topological polar surface area (TPSA) is 63.4 Å². The number of sulfonamides is 1. The first-order valence-corrected chi connectivity index (χ1v) is 8.58. The van der Waals surface area contributed by atoms with Crippen LogP contribution >= 0.6 is 11.3 Å². The normalized spacial score (nSPS) is 19.2.